The minimum atomic E-state index is -0.793. The number of rotatable bonds is 17. The topological polar surface area (TPSA) is 178 Å². The number of piperidine rings is 1. The lowest BCUT2D eigenvalue weighted by Crippen LogP contribution is -2.48. The highest BCUT2D eigenvalue weighted by atomic mass is 16.6. The predicted molar refractivity (Wildman–Crippen MR) is 191 cm³/mol. The number of nitro benzene ring substituents is 1. The quantitative estimate of drug-likeness (QED) is 0.0968. The molecule has 0 aromatic heterocycles. The third-order valence-corrected chi connectivity index (χ3v) is 9.44. The predicted octanol–water partition coefficient (Wildman–Crippen LogP) is 3.63. The molecule has 4 N–H and O–H groups in total. The van der Waals surface area contributed by atoms with Crippen LogP contribution >= 0.6 is 0 Å². The van der Waals surface area contributed by atoms with E-state index < -0.39 is 22.2 Å². The van der Waals surface area contributed by atoms with Gasteiger partial charge in [-0.05, 0) is 70.3 Å². The SMILES string of the molecule is CCNC(=O)C1C(CC)=NC(COCCN)=C(C(=O)NCCCN2CCC(C(=O)OCC)(c3ccccc3)CC2)C1c1ccc([N+](=O)[O-])cc1. The van der Waals surface area contributed by atoms with Crippen LogP contribution in [0.15, 0.2) is 70.9 Å². The van der Waals surface area contributed by atoms with E-state index in [2.05, 4.69) is 15.5 Å². The summed E-state index contributed by atoms with van der Waals surface area (Å²) in [6.45, 7) is 9.32. The summed E-state index contributed by atoms with van der Waals surface area (Å²) in [5.74, 6) is -2.38. The molecule has 0 radical (unpaired) electrons. The lowest BCUT2D eigenvalue weighted by Gasteiger charge is -2.40. The molecule has 2 unspecified atom stereocenters. The summed E-state index contributed by atoms with van der Waals surface area (Å²) >= 11 is 0. The van der Waals surface area contributed by atoms with Crippen LogP contribution in [-0.4, -0.2) is 92.4 Å². The number of benzene rings is 2. The molecule has 2 atom stereocenters. The molecular formula is C37H50N6O7. The first-order chi connectivity index (χ1) is 24.2. The highest BCUT2D eigenvalue weighted by Crippen LogP contribution is 2.41. The highest BCUT2D eigenvalue weighted by Gasteiger charge is 2.45. The molecule has 2 amide bonds. The summed E-state index contributed by atoms with van der Waals surface area (Å²) < 4.78 is 11.3. The molecule has 0 saturated carbocycles. The van der Waals surface area contributed by atoms with Gasteiger partial charge in [0.25, 0.3) is 5.69 Å². The van der Waals surface area contributed by atoms with E-state index in [0.29, 0.717) is 87.6 Å². The molecule has 2 aliphatic heterocycles. The summed E-state index contributed by atoms with van der Waals surface area (Å²) in [6.07, 6.45) is 2.38. The molecule has 2 aliphatic rings. The number of carbonyl (C=O) groups is 3. The summed E-state index contributed by atoms with van der Waals surface area (Å²) in [4.78, 5) is 58.9. The van der Waals surface area contributed by atoms with E-state index in [4.69, 9.17) is 20.2 Å². The molecule has 50 heavy (non-hydrogen) atoms. The number of hydrogen-bond acceptors (Lipinski definition) is 10. The van der Waals surface area contributed by atoms with Crippen LogP contribution < -0.4 is 16.4 Å². The van der Waals surface area contributed by atoms with Gasteiger partial charge in [0.1, 0.15) is 0 Å². The van der Waals surface area contributed by atoms with E-state index in [0.717, 1.165) is 5.56 Å². The van der Waals surface area contributed by atoms with Crippen molar-refractivity contribution in [2.45, 2.75) is 57.8 Å². The molecule has 1 fully saturated rings. The van der Waals surface area contributed by atoms with E-state index in [-0.39, 0.29) is 43.2 Å². The number of non-ortho nitro benzene ring substituents is 1. The average molecular weight is 691 g/mol. The smallest absolute Gasteiger partial charge is 0.316 e. The van der Waals surface area contributed by atoms with Crippen molar-refractivity contribution in [2.75, 3.05) is 59.1 Å². The van der Waals surface area contributed by atoms with Crippen LogP contribution in [-0.2, 0) is 29.3 Å². The van der Waals surface area contributed by atoms with Crippen LogP contribution in [0, 0.1) is 16.0 Å². The Balaban J connectivity index is 1.53. The molecule has 2 aromatic rings. The fourth-order valence-corrected chi connectivity index (χ4v) is 6.92. The average Bonchev–Trinajstić information content (AvgIpc) is 3.13. The summed E-state index contributed by atoms with van der Waals surface area (Å²) in [6, 6.07) is 15.8. The van der Waals surface area contributed by atoms with Gasteiger partial charge in [0, 0.05) is 49.0 Å². The number of nitro groups is 1. The van der Waals surface area contributed by atoms with Crippen molar-refractivity contribution in [1.29, 1.82) is 0 Å². The second-order valence-electron chi connectivity index (χ2n) is 12.5. The van der Waals surface area contributed by atoms with Crippen molar-refractivity contribution in [3.8, 4) is 0 Å². The summed E-state index contributed by atoms with van der Waals surface area (Å²) in [7, 11) is 0. The summed E-state index contributed by atoms with van der Waals surface area (Å²) in [5.41, 5.74) is 7.76. The third kappa shape index (κ3) is 9.01. The van der Waals surface area contributed by atoms with Crippen molar-refractivity contribution in [3.05, 3.63) is 87.1 Å². The van der Waals surface area contributed by atoms with E-state index >= 15 is 0 Å². The molecule has 2 heterocycles. The van der Waals surface area contributed by atoms with Crippen LogP contribution in [0.4, 0.5) is 5.69 Å². The highest BCUT2D eigenvalue weighted by molar-refractivity contribution is 6.10. The number of carbonyl (C=O) groups excluding carboxylic acids is 3. The number of ether oxygens (including phenoxy) is 2. The Morgan fingerprint density at radius 1 is 1.04 bits per heavy atom. The Kier molecular flexibility index (Phi) is 14.2. The van der Waals surface area contributed by atoms with Gasteiger partial charge in [-0.15, -0.1) is 0 Å². The Hall–Kier alpha value is -4.46. The fraction of sp³-hybridized carbons (Fsp3) is 0.514. The molecule has 2 aromatic carbocycles. The fourth-order valence-electron chi connectivity index (χ4n) is 6.92. The van der Waals surface area contributed by atoms with E-state index in [1.165, 1.54) is 12.1 Å². The van der Waals surface area contributed by atoms with Gasteiger partial charge in [-0.2, -0.15) is 0 Å². The van der Waals surface area contributed by atoms with Gasteiger partial charge in [-0.3, -0.25) is 29.5 Å². The number of aliphatic imine (C=N–C) groups is 1. The zero-order chi connectivity index (χ0) is 36.1. The van der Waals surface area contributed by atoms with Crippen LogP contribution in [0.1, 0.15) is 63.5 Å². The number of nitrogens with two attached hydrogens (primary N) is 1. The zero-order valence-corrected chi connectivity index (χ0v) is 29.3. The number of hydrogen-bond donors (Lipinski definition) is 3. The molecule has 1 saturated heterocycles. The first-order valence-corrected chi connectivity index (χ1v) is 17.5. The van der Waals surface area contributed by atoms with Crippen LogP contribution in [0.3, 0.4) is 0 Å². The molecular weight excluding hydrogens is 640 g/mol. The maximum absolute atomic E-state index is 14.1. The number of nitrogens with zero attached hydrogens (tertiary/aromatic N) is 3. The Bertz CT molecular complexity index is 1540. The van der Waals surface area contributed by atoms with Gasteiger partial charge in [-0.25, -0.2) is 0 Å². The van der Waals surface area contributed by atoms with Gasteiger partial charge < -0.3 is 30.7 Å². The summed E-state index contributed by atoms with van der Waals surface area (Å²) in [5, 5.41) is 17.4. The van der Waals surface area contributed by atoms with Gasteiger partial charge in [0.2, 0.25) is 11.8 Å². The minimum absolute atomic E-state index is 0.0203. The normalized spacial score (nSPS) is 19.0. The van der Waals surface area contributed by atoms with E-state index in [1.807, 2.05) is 51.1 Å². The van der Waals surface area contributed by atoms with Crippen molar-refractivity contribution in [3.63, 3.8) is 0 Å². The molecule has 13 nitrogen and oxygen atoms in total. The van der Waals surface area contributed by atoms with Gasteiger partial charge in [0.15, 0.2) is 0 Å². The van der Waals surface area contributed by atoms with Crippen LogP contribution in [0.2, 0.25) is 0 Å². The second-order valence-corrected chi connectivity index (χ2v) is 12.5. The molecule has 4 rings (SSSR count). The Morgan fingerprint density at radius 2 is 1.74 bits per heavy atom. The second kappa shape index (κ2) is 18.5. The largest absolute Gasteiger partial charge is 0.465 e. The molecule has 0 spiro atoms. The van der Waals surface area contributed by atoms with Gasteiger partial charge >= 0.3 is 5.97 Å². The molecule has 0 bridgehead atoms. The van der Waals surface area contributed by atoms with Gasteiger partial charge in [-0.1, -0.05) is 49.4 Å². The molecule has 13 heteroatoms. The third-order valence-electron chi connectivity index (χ3n) is 9.44. The number of amides is 2. The zero-order valence-electron chi connectivity index (χ0n) is 29.3. The standard InChI is InChI=1S/C37H50N6O7/c1-4-29-32(34(44)39-5-2)31(26-13-15-28(16-14-26)43(47)48)33(30(41-29)25-49-24-19-38)35(45)40-20-10-21-42-22-17-37(18-23-42,36(46)50-6-3)27-11-8-7-9-12-27/h7-9,11-16,31-32H,4-6,10,17-25,38H2,1-3H3,(H,39,44)(H,40,45). The number of nitrogens with one attached hydrogen (secondary N) is 2. The lowest BCUT2D eigenvalue weighted by molar-refractivity contribution is -0.384. The first-order valence-electron chi connectivity index (χ1n) is 17.5. The van der Waals surface area contributed by atoms with Crippen LogP contribution in [0.25, 0.3) is 0 Å². The van der Waals surface area contributed by atoms with Gasteiger partial charge in [0.05, 0.1) is 41.8 Å². The first kappa shape index (κ1) is 38.3. The maximum atomic E-state index is 14.1. The minimum Gasteiger partial charge on any atom is -0.465 e. The van der Waals surface area contributed by atoms with Crippen molar-refractivity contribution < 1.29 is 28.8 Å². The molecule has 0 aliphatic carbocycles. The van der Waals surface area contributed by atoms with Crippen molar-refractivity contribution in [2.24, 2.45) is 16.6 Å². The lowest BCUT2D eigenvalue weighted by atomic mass is 9.72. The number of esters is 1. The maximum Gasteiger partial charge on any atom is 0.316 e. The van der Waals surface area contributed by atoms with Crippen molar-refractivity contribution in [1.82, 2.24) is 15.5 Å². The van der Waals surface area contributed by atoms with Crippen LogP contribution in [0.5, 0.6) is 0 Å². The number of likely N-dealkylation sites (tertiary alicyclic amines) is 1. The van der Waals surface area contributed by atoms with E-state index in [9.17, 15) is 24.5 Å². The van der Waals surface area contributed by atoms with E-state index in [1.54, 1.807) is 12.1 Å². The molecule has 270 valence electrons. The monoisotopic (exact) mass is 690 g/mol. The Morgan fingerprint density at radius 3 is 2.34 bits per heavy atom. The van der Waals surface area contributed by atoms with Crippen molar-refractivity contribution >= 4 is 29.2 Å². The Labute approximate surface area is 293 Å².